The maximum Gasteiger partial charge on any atom is 0.0606 e. The summed E-state index contributed by atoms with van der Waals surface area (Å²) in [4.78, 5) is 0. The molecule has 2 saturated heterocycles. The Labute approximate surface area is 97.8 Å². The third-order valence-corrected chi connectivity index (χ3v) is 4.49. The Balaban J connectivity index is 1.94. The summed E-state index contributed by atoms with van der Waals surface area (Å²) in [7, 11) is 0. The van der Waals surface area contributed by atoms with Gasteiger partial charge in [0.1, 0.15) is 0 Å². The van der Waals surface area contributed by atoms with Gasteiger partial charge in [0.15, 0.2) is 0 Å². The minimum atomic E-state index is 0.504. The van der Waals surface area contributed by atoms with Gasteiger partial charge in [-0.3, -0.25) is 0 Å². The number of fused-ring (bicyclic) bond motifs is 4. The third kappa shape index (κ3) is 1.67. The van der Waals surface area contributed by atoms with Gasteiger partial charge in [0.05, 0.1) is 6.10 Å². The van der Waals surface area contributed by atoms with Gasteiger partial charge in [-0.05, 0) is 42.6 Å². The summed E-state index contributed by atoms with van der Waals surface area (Å²) in [5.41, 5.74) is 1.52. The normalized spacial score (nSPS) is 38.3. The molecule has 0 aromatic heterocycles. The molecular weight excluding hydrogens is 196 g/mol. The molecule has 2 heterocycles. The predicted octanol–water partition coefficient (Wildman–Crippen LogP) is 3.61. The average Bonchev–Trinajstić information content (AvgIpc) is 2.64. The Hall–Kier alpha value is -0.820. The molecule has 2 bridgehead atoms. The van der Waals surface area contributed by atoms with E-state index in [4.69, 9.17) is 4.74 Å². The van der Waals surface area contributed by atoms with Crippen molar-refractivity contribution in [2.75, 3.05) is 6.61 Å². The summed E-state index contributed by atoms with van der Waals surface area (Å²) in [5, 5.41) is 0. The molecule has 86 valence electrons. The Morgan fingerprint density at radius 3 is 2.69 bits per heavy atom. The van der Waals surface area contributed by atoms with Crippen molar-refractivity contribution in [2.45, 2.75) is 38.2 Å². The fourth-order valence-electron chi connectivity index (χ4n) is 3.66. The maximum atomic E-state index is 5.96. The van der Waals surface area contributed by atoms with E-state index in [9.17, 15) is 0 Å². The summed E-state index contributed by atoms with van der Waals surface area (Å²) >= 11 is 0. The molecule has 3 unspecified atom stereocenters. The van der Waals surface area contributed by atoms with Gasteiger partial charge >= 0.3 is 0 Å². The van der Waals surface area contributed by atoms with Crippen LogP contribution in [0.5, 0.6) is 0 Å². The zero-order valence-electron chi connectivity index (χ0n) is 9.93. The van der Waals surface area contributed by atoms with E-state index in [0.29, 0.717) is 12.0 Å². The van der Waals surface area contributed by atoms with Crippen molar-refractivity contribution in [1.82, 2.24) is 0 Å². The van der Waals surface area contributed by atoms with Crippen LogP contribution >= 0.6 is 0 Å². The molecule has 1 heteroatoms. The van der Waals surface area contributed by atoms with Gasteiger partial charge in [0, 0.05) is 6.61 Å². The van der Waals surface area contributed by atoms with E-state index in [0.717, 1.165) is 18.4 Å². The fraction of sp³-hybridized carbons (Fsp3) is 0.600. The minimum Gasteiger partial charge on any atom is -0.378 e. The minimum absolute atomic E-state index is 0.504. The molecule has 3 fully saturated rings. The first kappa shape index (κ1) is 10.3. The van der Waals surface area contributed by atoms with Gasteiger partial charge in [0.25, 0.3) is 0 Å². The van der Waals surface area contributed by atoms with E-state index in [1.165, 1.54) is 24.8 Å². The summed E-state index contributed by atoms with van der Waals surface area (Å²) in [6.07, 6.45) is 4.38. The van der Waals surface area contributed by atoms with Gasteiger partial charge in [-0.25, -0.2) is 0 Å². The van der Waals surface area contributed by atoms with E-state index in [2.05, 4.69) is 37.3 Å². The van der Waals surface area contributed by atoms with Gasteiger partial charge in [-0.2, -0.15) is 0 Å². The highest BCUT2D eigenvalue weighted by molar-refractivity contribution is 5.22. The van der Waals surface area contributed by atoms with E-state index >= 15 is 0 Å². The second kappa shape index (κ2) is 4.21. The molecular formula is C15H20O. The molecule has 1 aromatic carbocycles. The first-order chi connectivity index (χ1) is 7.86. The molecule has 2 aliphatic heterocycles. The molecule has 4 rings (SSSR count). The predicted molar refractivity (Wildman–Crippen MR) is 65.4 cm³/mol. The number of hydrogen-bond acceptors (Lipinski definition) is 1. The maximum absolute atomic E-state index is 5.96. The standard InChI is InChI=1S/C15H20O/c1-11-14-8-7-13(9-10-16-14)15(11)12-5-3-2-4-6-12/h2-6,11,13-15H,7-10H2,1H3/t11?,13?,14-,15?/m1/s1. The Morgan fingerprint density at radius 1 is 1.06 bits per heavy atom. The molecule has 1 nitrogen and oxygen atoms in total. The van der Waals surface area contributed by atoms with Crippen molar-refractivity contribution < 1.29 is 4.74 Å². The van der Waals surface area contributed by atoms with Crippen molar-refractivity contribution in [3.05, 3.63) is 35.9 Å². The first-order valence-corrected chi connectivity index (χ1v) is 6.53. The number of ether oxygens (including phenoxy) is 1. The topological polar surface area (TPSA) is 9.23 Å². The summed E-state index contributed by atoms with van der Waals surface area (Å²) < 4.78 is 5.96. The van der Waals surface area contributed by atoms with Crippen LogP contribution in [0.3, 0.4) is 0 Å². The highest BCUT2D eigenvalue weighted by Crippen LogP contribution is 2.46. The smallest absolute Gasteiger partial charge is 0.0606 e. The zero-order valence-corrected chi connectivity index (χ0v) is 9.93. The lowest BCUT2D eigenvalue weighted by Crippen LogP contribution is -2.32. The van der Waals surface area contributed by atoms with Crippen molar-refractivity contribution in [2.24, 2.45) is 11.8 Å². The molecule has 0 amide bonds. The van der Waals surface area contributed by atoms with Crippen LogP contribution in [0.1, 0.15) is 37.7 Å². The third-order valence-electron chi connectivity index (χ3n) is 4.49. The summed E-state index contributed by atoms with van der Waals surface area (Å²) in [6.45, 7) is 3.35. The molecule has 1 saturated carbocycles. The Bertz CT molecular complexity index is 340. The number of hydrogen-bond donors (Lipinski definition) is 0. The summed E-state index contributed by atoms with van der Waals surface area (Å²) in [6, 6.07) is 11.0. The quantitative estimate of drug-likeness (QED) is 0.697. The van der Waals surface area contributed by atoms with Crippen LogP contribution in [0.4, 0.5) is 0 Å². The molecule has 0 spiro atoms. The van der Waals surface area contributed by atoms with Gasteiger partial charge < -0.3 is 4.74 Å². The molecule has 4 atom stereocenters. The fourth-order valence-corrected chi connectivity index (χ4v) is 3.66. The zero-order chi connectivity index (χ0) is 11.0. The van der Waals surface area contributed by atoms with Crippen LogP contribution in [0.25, 0.3) is 0 Å². The number of benzene rings is 1. The second-order valence-electron chi connectivity index (χ2n) is 5.33. The molecule has 16 heavy (non-hydrogen) atoms. The lowest BCUT2D eigenvalue weighted by atomic mass is 9.68. The monoisotopic (exact) mass is 216 g/mol. The molecule has 3 aliphatic rings. The molecule has 1 aliphatic carbocycles. The van der Waals surface area contributed by atoms with Crippen LogP contribution in [0.2, 0.25) is 0 Å². The number of rotatable bonds is 1. The van der Waals surface area contributed by atoms with Gasteiger partial charge in [-0.15, -0.1) is 0 Å². The van der Waals surface area contributed by atoms with Crippen LogP contribution in [0, 0.1) is 11.8 Å². The van der Waals surface area contributed by atoms with E-state index in [1.807, 2.05) is 0 Å². The van der Waals surface area contributed by atoms with E-state index in [1.54, 1.807) is 0 Å². The highest BCUT2D eigenvalue weighted by Gasteiger charge is 2.40. The first-order valence-electron chi connectivity index (χ1n) is 6.53. The van der Waals surface area contributed by atoms with Crippen LogP contribution < -0.4 is 0 Å². The van der Waals surface area contributed by atoms with Crippen LogP contribution in [-0.4, -0.2) is 12.7 Å². The van der Waals surface area contributed by atoms with Crippen molar-refractivity contribution in [1.29, 1.82) is 0 Å². The molecule has 0 N–H and O–H groups in total. The van der Waals surface area contributed by atoms with Crippen LogP contribution in [-0.2, 0) is 4.74 Å². The van der Waals surface area contributed by atoms with Crippen molar-refractivity contribution >= 4 is 0 Å². The van der Waals surface area contributed by atoms with Crippen LogP contribution in [0.15, 0.2) is 30.3 Å². The highest BCUT2D eigenvalue weighted by atomic mass is 16.5. The molecule has 0 radical (unpaired) electrons. The van der Waals surface area contributed by atoms with E-state index in [-0.39, 0.29) is 0 Å². The van der Waals surface area contributed by atoms with Crippen molar-refractivity contribution in [3.8, 4) is 0 Å². The van der Waals surface area contributed by atoms with E-state index < -0.39 is 0 Å². The second-order valence-corrected chi connectivity index (χ2v) is 5.33. The van der Waals surface area contributed by atoms with Gasteiger partial charge in [-0.1, -0.05) is 37.3 Å². The largest absolute Gasteiger partial charge is 0.378 e. The Kier molecular flexibility index (Phi) is 2.72. The SMILES string of the molecule is CC1C(c2ccccc2)C2CCO[C@@H]1CC2. The lowest BCUT2D eigenvalue weighted by Gasteiger charge is -2.38. The summed E-state index contributed by atoms with van der Waals surface area (Å²) in [5.74, 6) is 2.25. The van der Waals surface area contributed by atoms with Gasteiger partial charge in [0.2, 0.25) is 0 Å². The average molecular weight is 216 g/mol. The van der Waals surface area contributed by atoms with Crippen molar-refractivity contribution in [3.63, 3.8) is 0 Å². The lowest BCUT2D eigenvalue weighted by molar-refractivity contribution is 0.0140. The Morgan fingerprint density at radius 2 is 1.88 bits per heavy atom. The molecule has 1 aromatic rings.